The lowest BCUT2D eigenvalue weighted by molar-refractivity contribution is -0.146. The predicted octanol–water partition coefficient (Wildman–Crippen LogP) is 2.83. The van der Waals surface area contributed by atoms with Gasteiger partial charge in [-0.15, -0.1) is 0 Å². The summed E-state index contributed by atoms with van der Waals surface area (Å²) in [6.45, 7) is 0.737. The monoisotopic (exact) mass is 278 g/mol. The fraction of sp³-hybridized carbons (Fsp3) is 0.929. The molecule has 0 aromatic carbocycles. The van der Waals surface area contributed by atoms with Crippen LogP contribution in [0.1, 0.15) is 51.4 Å². The molecule has 2 rings (SSSR count). The highest BCUT2D eigenvalue weighted by Gasteiger charge is 2.20. The fourth-order valence-electron chi connectivity index (χ4n) is 2.23. The first-order valence-electron chi connectivity index (χ1n) is 6.99. The van der Waals surface area contributed by atoms with Crippen LogP contribution in [0.2, 0.25) is 0 Å². The highest BCUT2D eigenvalue weighted by Crippen LogP contribution is 2.24. The van der Waals surface area contributed by atoms with E-state index < -0.39 is 6.29 Å². The first-order valence-corrected chi connectivity index (χ1v) is 6.99. The summed E-state index contributed by atoms with van der Waals surface area (Å²) in [4.78, 5) is 10.9. The topological polar surface area (TPSA) is 55.8 Å². The lowest BCUT2D eigenvalue weighted by Gasteiger charge is -2.18. The van der Waals surface area contributed by atoms with E-state index in [9.17, 15) is 9.18 Å². The van der Waals surface area contributed by atoms with Crippen molar-refractivity contribution in [3.63, 3.8) is 0 Å². The number of hydrogen-bond acceptors (Lipinski definition) is 4. The molecule has 0 aromatic heterocycles. The smallest absolute Gasteiger partial charge is 0.308 e. The molecule has 0 radical (unpaired) electrons. The third-order valence-corrected chi connectivity index (χ3v) is 3.30. The minimum absolute atomic E-state index is 0.0142. The van der Waals surface area contributed by atoms with E-state index in [1.807, 2.05) is 0 Å². The lowest BCUT2D eigenvalue weighted by Crippen LogP contribution is -2.18. The second-order valence-corrected chi connectivity index (χ2v) is 4.68. The molecule has 19 heavy (non-hydrogen) atoms. The van der Waals surface area contributed by atoms with Crippen LogP contribution in [-0.4, -0.2) is 38.3 Å². The van der Waals surface area contributed by atoms with Gasteiger partial charge >= 0.3 is 5.97 Å². The van der Waals surface area contributed by atoms with E-state index in [0.717, 1.165) is 38.7 Å². The van der Waals surface area contributed by atoms with Gasteiger partial charge in [-0.3, -0.25) is 9.18 Å². The van der Waals surface area contributed by atoms with Crippen LogP contribution < -0.4 is 0 Å². The average Bonchev–Trinajstić information content (AvgIpc) is 2.51. The Labute approximate surface area is 115 Å². The number of methoxy groups -OCH3 is 1. The molecule has 2 aliphatic rings. The highest BCUT2D eigenvalue weighted by molar-refractivity contribution is 5.72. The van der Waals surface area contributed by atoms with E-state index in [4.69, 9.17) is 9.84 Å². The van der Waals surface area contributed by atoms with Crippen molar-refractivity contribution in [2.75, 3.05) is 20.9 Å². The molecule has 1 saturated carbocycles. The Hall–Kier alpha value is -0.680. The summed E-state index contributed by atoms with van der Waals surface area (Å²) in [5.41, 5.74) is 0. The molecule has 5 heteroatoms. The predicted molar refractivity (Wildman–Crippen MR) is 71.4 cm³/mol. The van der Waals surface area contributed by atoms with Gasteiger partial charge in [0.1, 0.15) is 0 Å². The minimum atomic E-state index is -0.464. The number of hydrogen-bond donors (Lipinski definition) is 1. The number of aliphatic hydroxyl groups excluding tert-OH is 1. The van der Waals surface area contributed by atoms with Gasteiger partial charge in [0, 0.05) is 6.61 Å². The molecule has 0 amide bonds. The van der Waals surface area contributed by atoms with Crippen LogP contribution in [0.4, 0.5) is 4.39 Å². The largest absolute Gasteiger partial charge is 0.469 e. The van der Waals surface area contributed by atoms with Crippen molar-refractivity contribution in [1.82, 2.24) is 0 Å². The standard InChI is InChI=1S/C8H14O2.C5H10O2.CH3F/c1-10-8(9)7-5-3-2-4-6-7;6-5-3-1-2-4-7-5;1-2/h7H,2-6H2,1H3;5-6H,1-4H2;1H3. The van der Waals surface area contributed by atoms with Crippen LogP contribution in [-0.2, 0) is 14.3 Å². The van der Waals surface area contributed by atoms with Crippen LogP contribution in [0.25, 0.3) is 0 Å². The molecular formula is C14H27FO4. The van der Waals surface area contributed by atoms with Crippen molar-refractivity contribution >= 4 is 5.97 Å². The van der Waals surface area contributed by atoms with Crippen molar-refractivity contribution in [1.29, 1.82) is 0 Å². The molecule has 1 aliphatic heterocycles. The third-order valence-electron chi connectivity index (χ3n) is 3.30. The second-order valence-electron chi connectivity index (χ2n) is 4.68. The first kappa shape index (κ1) is 18.3. The Morgan fingerprint density at radius 3 is 2.05 bits per heavy atom. The fourth-order valence-corrected chi connectivity index (χ4v) is 2.23. The van der Waals surface area contributed by atoms with E-state index in [1.165, 1.54) is 26.4 Å². The van der Waals surface area contributed by atoms with E-state index in [2.05, 4.69) is 4.74 Å². The molecule has 1 heterocycles. The molecular weight excluding hydrogens is 251 g/mol. The van der Waals surface area contributed by atoms with Crippen LogP contribution >= 0.6 is 0 Å². The maximum absolute atomic E-state index is 10.9. The zero-order valence-electron chi connectivity index (χ0n) is 12.1. The van der Waals surface area contributed by atoms with Crippen LogP contribution in [0, 0.1) is 5.92 Å². The second kappa shape index (κ2) is 12.4. The number of aliphatic hydroxyl groups is 1. The molecule has 2 fully saturated rings. The third kappa shape index (κ3) is 8.94. The normalized spacial score (nSPS) is 23.3. The molecule has 0 bridgehead atoms. The molecule has 4 nitrogen and oxygen atoms in total. The summed E-state index contributed by atoms with van der Waals surface area (Å²) in [5.74, 6) is 0.193. The molecule has 1 N–H and O–H groups in total. The van der Waals surface area contributed by atoms with Gasteiger partial charge in [0.2, 0.25) is 0 Å². The van der Waals surface area contributed by atoms with Crippen molar-refractivity contribution in [3.05, 3.63) is 0 Å². The summed E-state index contributed by atoms with van der Waals surface area (Å²) in [6, 6.07) is 0. The molecule has 0 aromatic rings. The van der Waals surface area contributed by atoms with Gasteiger partial charge in [0.05, 0.1) is 20.2 Å². The Kier molecular flexibility index (Phi) is 11.9. The van der Waals surface area contributed by atoms with E-state index in [0.29, 0.717) is 7.18 Å². The first-order chi connectivity index (χ1) is 9.24. The summed E-state index contributed by atoms with van der Waals surface area (Å²) < 4.78 is 19.0. The number of rotatable bonds is 1. The molecule has 1 saturated heterocycles. The Bertz CT molecular complexity index is 211. The number of carbonyl (C=O) groups excluding carboxylic acids is 1. The van der Waals surface area contributed by atoms with Crippen molar-refractivity contribution in [2.45, 2.75) is 57.7 Å². The lowest BCUT2D eigenvalue weighted by atomic mass is 9.89. The van der Waals surface area contributed by atoms with E-state index in [-0.39, 0.29) is 11.9 Å². The SMILES string of the molecule is CF.COC(=O)C1CCCCC1.OC1CCCCO1. The van der Waals surface area contributed by atoms with Gasteiger partial charge < -0.3 is 14.6 Å². The van der Waals surface area contributed by atoms with Gasteiger partial charge in [-0.05, 0) is 32.1 Å². The van der Waals surface area contributed by atoms with Gasteiger partial charge in [-0.2, -0.15) is 0 Å². The van der Waals surface area contributed by atoms with Gasteiger partial charge in [-0.25, -0.2) is 0 Å². The number of alkyl halides is 1. The number of ether oxygens (including phenoxy) is 2. The number of halogens is 1. The Morgan fingerprint density at radius 1 is 1.11 bits per heavy atom. The van der Waals surface area contributed by atoms with Gasteiger partial charge in [0.25, 0.3) is 0 Å². The van der Waals surface area contributed by atoms with Gasteiger partial charge in [0.15, 0.2) is 6.29 Å². The molecule has 114 valence electrons. The molecule has 1 unspecified atom stereocenters. The Morgan fingerprint density at radius 2 is 1.68 bits per heavy atom. The summed E-state index contributed by atoms with van der Waals surface area (Å²) in [7, 11) is 1.97. The van der Waals surface area contributed by atoms with Crippen LogP contribution in [0.3, 0.4) is 0 Å². The van der Waals surface area contributed by atoms with Crippen molar-refractivity contribution in [3.8, 4) is 0 Å². The average molecular weight is 278 g/mol. The minimum Gasteiger partial charge on any atom is -0.469 e. The summed E-state index contributed by atoms with van der Waals surface area (Å²) >= 11 is 0. The quantitative estimate of drug-likeness (QED) is 0.749. The molecule has 1 atom stereocenters. The van der Waals surface area contributed by atoms with Crippen molar-refractivity contribution in [2.24, 2.45) is 5.92 Å². The maximum Gasteiger partial charge on any atom is 0.308 e. The Balaban J connectivity index is 0.000000316. The van der Waals surface area contributed by atoms with Gasteiger partial charge in [-0.1, -0.05) is 19.3 Å². The molecule has 0 spiro atoms. The van der Waals surface area contributed by atoms with Crippen LogP contribution in [0.15, 0.2) is 0 Å². The summed E-state index contributed by atoms with van der Waals surface area (Å²) in [5, 5.41) is 8.69. The number of esters is 1. The molecule has 1 aliphatic carbocycles. The zero-order chi connectivity index (χ0) is 14.5. The highest BCUT2D eigenvalue weighted by atomic mass is 19.1. The van der Waals surface area contributed by atoms with Crippen molar-refractivity contribution < 1.29 is 23.8 Å². The summed E-state index contributed by atoms with van der Waals surface area (Å²) in [6.07, 6.45) is 8.32. The van der Waals surface area contributed by atoms with Crippen LogP contribution in [0.5, 0.6) is 0 Å². The van der Waals surface area contributed by atoms with E-state index >= 15 is 0 Å². The van der Waals surface area contributed by atoms with E-state index in [1.54, 1.807) is 0 Å². The zero-order valence-corrected chi connectivity index (χ0v) is 12.1. The number of carbonyl (C=O) groups is 1. The maximum atomic E-state index is 10.9.